The molecule has 5 rings (SSSR count). The van der Waals surface area contributed by atoms with Gasteiger partial charge in [0.25, 0.3) is 17.8 Å². The van der Waals surface area contributed by atoms with E-state index in [-0.39, 0.29) is 23.7 Å². The zero-order valence-corrected chi connectivity index (χ0v) is 17.3. The molecule has 1 N–H and O–H groups in total. The van der Waals surface area contributed by atoms with E-state index in [1.807, 2.05) is 0 Å². The monoisotopic (exact) mass is 454 g/mol. The number of ether oxygens (including phenoxy) is 1. The highest BCUT2D eigenvalue weighted by Crippen LogP contribution is 2.44. The quantitative estimate of drug-likeness (QED) is 0.665. The number of fused-ring (bicyclic) bond motifs is 1. The zero-order valence-electron chi connectivity index (χ0n) is 17.3. The lowest BCUT2D eigenvalue weighted by atomic mass is 9.78. The second-order valence-electron chi connectivity index (χ2n) is 9.24. The summed E-state index contributed by atoms with van der Waals surface area (Å²) in [5.41, 5.74) is 0.00416. The number of nitrogens with zero attached hydrogens (tertiary/aromatic N) is 3. The van der Waals surface area contributed by atoms with Gasteiger partial charge in [0.15, 0.2) is 11.4 Å². The maximum Gasteiger partial charge on any atom is 0.285 e. The van der Waals surface area contributed by atoms with Crippen molar-refractivity contribution in [1.29, 1.82) is 0 Å². The van der Waals surface area contributed by atoms with E-state index in [1.54, 1.807) is 6.92 Å². The SMILES string of the molecule is CC1C[C@H](NC(=O)c2c#cc(N3CC(F)(F)C3)c(OCC3CC3)n2)C(=O)N2CC(F)(F)C12. The van der Waals surface area contributed by atoms with Crippen LogP contribution in [-0.4, -0.2) is 71.9 Å². The lowest BCUT2D eigenvalue weighted by Gasteiger charge is -2.54. The second kappa shape index (κ2) is 7.12. The van der Waals surface area contributed by atoms with Crippen LogP contribution in [0.25, 0.3) is 0 Å². The molecule has 1 aliphatic carbocycles. The lowest BCUT2D eigenvalue weighted by Crippen LogP contribution is -2.74. The number of nitrogens with one attached hydrogen (secondary N) is 1. The van der Waals surface area contributed by atoms with Crippen molar-refractivity contribution in [3.63, 3.8) is 0 Å². The second-order valence-corrected chi connectivity index (χ2v) is 9.24. The van der Waals surface area contributed by atoms with Crippen molar-refractivity contribution in [2.24, 2.45) is 11.8 Å². The Labute approximate surface area is 182 Å². The third kappa shape index (κ3) is 3.69. The maximum atomic E-state index is 13.8. The normalized spacial score (nSPS) is 29.9. The van der Waals surface area contributed by atoms with E-state index in [2.05, 4.69) is 22.4 Å². The molecule has 4 fully saturated rings. The summed E-state index contributed by atoms with van der Waals surface area (Å²) in [6.45, 7) is 0.322. The van der Waals surface area contributed by atoms with Gasteiger partial charge in [0, 0.05) is 0 Å². The molecule has 172 valence electrons. The molecule has 0 spiro atoms. The number of amides is 2. The predicted molar refractivity (Wildman–Crippen MR) is 103 cm³/mol. The number of anilines is 1. The summed E-state index contributed by atoms with van der Waals surface area (Å²) < 4.78 is 59.8. The Balaban J connectivity index is 1.30. The number of carbonyl (C=O) groups excluding carboxylic acids is 2. The molecule has 4 aliphatic rings. The first-order valence-corrected chi connectivity index (χ1v) is 10.6. The lowest BCUT2D eigenvalue weighted by molar-refractivity contribution is -0.216. The third-order valence-electron chi connectivity index (χ3n) is 6.43. The van der Waals surface area contributed by atoms with Crippen LogP contribution in [0.15, 0.2) is 0 Å². The van der Waals surface area contributed by atoms with E-state index in [1.165, 1.54) is 4.90 Å². The molecule has 3 saturated heterocycles. The number of carbonyl (C=O) groups is 2. The Hall–Kier alpha value is -2.77. The first-order chi connectivity index (χ1) is 15.0. The molecule has 1 aromatic heterocycles. The van der Waals surface area contributed by atoms with E-state index >= 15 is 0 Å². The maximum absolute atomic E-state index is 13.8. The summed E-state index contributed by atoms with van der Waals surface area (Å²) in [4.78, 5) is 31.9. The van der Waals surface area contributed by atoms with Gasteiger partial charge in [-0.1, -0.05) is 6.92 Å². The molecule has 3 atom stereocenters. The fraction of sp³-hybridized carbons (Fsp3) is 0.667. The molecule has 2 unspecified atom stereocenters. The Morgan fingerprint density at radius 3 is 2.56 bits per heavy atom. The molecule has 32 heavy (non-hydrogen) atoms. The highest BCUT2D eigenvalue weighted by atomic mass is 19.3. The topological polar surface area (TPSA) is 74.8 Å². The number of alkyl halides is 4. The summed E-state index contributed by atoms with van der Waals surface area (Å²) in [6, 6.07) is 3.15. The average Bonchev–Trinajstić information content (AvgIpc) is 3.51. The minimum Gasteiger partial charge on any atom is -0.475 e. The Bertz CT molecular complexity index is 947. The van der Waals surface area contributed by atoms with Gasteiger partial charge in [0.05, 0.1) is 26.2 Å². The Morgan fingerprint density at radius 2 is 1.94 bits per heavy atom. The van der Waals surface area contributed by atoms with Gasteiger partial charge < -0.3 is 19.9 Å². The standard InChI is InChI=1S/C21H22F4N4O3/c1-11-6-14(19(31)29-10-21(24,25)16(11)29)26-17(30)13-4-5-15(28-8-20(22,23)9-28)18(27-13)32-7-12-2-3-12/h11-12,14,16H,2-3,6-10H2,1H3,(H,26,30)/t11?,14-,16?/m0/s1. The molecule has 0 bridgehead atoms. The van der Waals surface area contributed by atoms with E-state index < -0.39 is 61.3 Å². The minimum absolute atomic E-state index is 0.0158. The Morgan fingerprint density at radius 1 is 1.22 bits per heavy atom. The van der Waals surface area contributed by atoms with Crippen LogP contribution in [0.3, 0.4) is 0 Å². The molecule has 4 heterocycles. The van der Waals surface area contributed by atoms with Crippen LogP contribution in [0.2, 0.25) is 0 Å². The summed E-state index contributed by atoms with van der Waals surface area (Å²) in [5, 5.41) is 2.54. The van der Waals surface area contributed by atoms with Gasteiger partial charge in [0.1, 0.15) is 12.1 Å². The van der Waals surface area contributed by atoms with Gasteiger partial charge in [-0.15, -0.1) is 0 Å². The van der Waals surface area contributed by atoms with Crippen LogP contribution >= 0.6 is 0 Å². The van der Waals surface area contributed by atoms with Crippen LogP contribution < -0.4 is 15.0 Å². The van der Waals surface area contributed by atoms with Crippen molar-refractivity contribution in [2.75, 3.05) is 31.1 Å². The van der Waals surface area contributed by atoms with Gasteiger partial charge in [-0.3, -0.25) is 9.59 Å². The molecule has 1 saturated carbocycles. The molecule has 1 aromatic rings. The number of rotatable bonds is 6. The highest BCUT2D eigenvalue weighted by Gasteiger charge is 2.62. The summed E-state index contributed by atoms with van der Waals surface area (Å²) >= 11 is 0. The van der Waals surface area contributed by atoms with E-state index in [4.69, 9.17) is 4.74 Å². The fourth-order valence-corrected chi connectivity index (χ4v) is 4.55. The largest absolute Gasteiger partial charge is 0.475 e. The number of hydrogen-bond acceptors (Lipinski definition) is 5. The molecule has 0 aromatic carbocycles. The van der Waals surface area contributed by atoms with Crippen molar-refractivity contribution >= 4 is 17.5 Å². The van der Waals surface area contributed by atoms with E-state index in [9.17, 15) is 27.2 Å². The zero-order chi connectivity index (χ0) is 22.8. The molecular formula is C21H22F4N4O3. The molecular weight excluding hydrogens is 432 g/mol. The molecule has 7 nitrogen and oxygen atoms in total. The van der Waals surface area contributed by atoms with Crippen LogP contribution in [0, 0.1) is 24.0 Å². The summed E-state index contributed by atoms with van der Waals surface area (Å²) in [6.07, 6.45) is 2.09. The first-order valence-electron chi connectivity index (χ1n) is 10.6. The highest BCUT2D eigenvalue weighted by molar-refractivity contribution is 5.96. The van der Waals surface area contributed by atoms with Crippen molar-refractivity contribution in [1.82, 2.24) is 15.2 Å². The molecule has 2 amide bonds. The summed E-state index contributed by atoms with van der Waals surface area (Å²) in [5.74, 6) is -7.10. The van der Waals surface area contributed by atoms with Crippen LogP contribution in [0.5, 0.6) is 5.88 Å². The minimum atomic E-state index is -2.91. The van der Waals surface area contributed by atoms with Crippen molar-refractivity contribution in [3.8, 4) is 5.88 Å². The van der Waals surface area contributed by atoms with Gasteiger partial charge in [-0.2, -0.15) is 4.98 Å². The van der Waals surface area contributed by atoms with Crippen LogP contribution in [0.4, 0.5) is 23.2 Å². The number of halogens is 4. The van der Waals surface area contributed by atoms with E-state index in [0.717, 1.165) is 17.7 Å². The van der Waals surface area contributed by atoms with Crippen molar-refractivity contribution in [2.45, 2.75) is 50.1 Å². The van der Waals surface area contributed by atoms with Crippen LogP contribution in [0.1, 0.15) is 36.7 Å². The van der Waals surface area contributed by atoms with Gasteiger partial charge in [0.2, 0.25) is 11.8 Å². The van der Waals surface area contributed by atoms with Crippen molar-refractivity contribution < 1.29 is 31.9 Å². The number of piperidine rings is 1. The van der Waals surface area contributed by atoms with Gasteiger partial charge in [-0.25, -0.2) is 17.6 Å². The molecule has 0 radical (unpaired) electrons. The van der Waals surface area contributed by atoms with Gasteiger partial charge in [-0.05, 0) is 43.2 Å². The summed E-state index contributed by atoms with van der Waals surface area (Å²) in [7, 11) is 0. The van der Waals surface area contributed by atoms with Crippen LogP contribution in [-0.2, 0) is 4.79 Å². The molecule has 11 heteroatoms. The molecule has 3 aliphatic heterocycles. The van der Waals surface area contributed by atoms with E-state index in [0.29, 0.717) is 12.5 Å². The average molecular weight is 454 g/mol. The predicted octanol–water partition coefficient (Wildman–Crippen LogP) is 1.91. The van der Waals surface area contributed by atoms with Gasteiger partial charge >= 0.3 is 0 Å². The number of hydrogen-bond donors (Lipinski definition) is 1. The smallest absolute Gasteiger partial charge is 0.285 e. The Kier molecular flexibility index (Phi) is 4.69. The number of aromatic nitrogens is 1. The van der Waals surface area contributed by atoms with Crippen molar-refractivity contribution in [3.05, 3.63) is 17.8 Å². The first kappa shape index (κ1) is 21.1. The fourth-order valence-electron chi connectivity index (χ4n) is 4.55. The third-order valence-corrected chi connectivity index (χ3v) is 6.43.